The predicted octanol–water partition coefficient (Wildman–Crippen LogP) is 2.41. The van der Waals surface area contributed by atoms with Gasteiger partial charge in [-0.1, -0.05) is 28.1 Å². The number of halogens is 1. The van der Waals surface area contributed by atoms with Crippen LogP contribution in [0, 0.1) is 0 Å². The van der Waals surface area contributed by atoms with E-state index in [1.54, 1.807) is 0 Å². The highest BCUT2D eigenvalue weighted by molar-refractivity contribution is 9.10. The van der Waals surface area contributed by atoms with E-state index < -0.39 is 0 Å². The summed E-state index contributed by atoms with van der Waals surface area (Å²) in [5.74, 6) is 0.0671. The SMILES string of the molecule is CC(C)NC(=O)CN(C)Cc1cccc(Br)c1. The number of amides is 1. The van der Waals surface area contributed by atoms with Gasteiger partial charge < -0.3 is 5.32 Å². The van der Waals surface area contributed by atoms with Crippen molar-refractivity contribution in [2.24, 2.45) is 0 Å². The molecule has 0 aliphatic rings. The number of carbonyl (C=O) groups is 1. The molecule has 0 bridgehead atoms. The molecule has 1 N–H and O–H groups in total. The number of likely N-dealkylation sites (N-methyl/N-ethyl adjacent to an activating group) is 1. The molecule has 0 unspecified atom stereocenters. The Bertz CT molecular complexity index is 379. The number of hydrogen-bond acceptors (Lipinski definition) is 2. The summed E-state index contributed by atoms with van der Waals surface area (Å²) in [6.45, 7) is 5.12. The highest BCUT2D eigenvalue weighted by atomic mass is 79.9. The first-order chi connectivity index (χ1) is 7.97. The molecule has 0 aliphatic carbocycles. The van der Waals surface area contributed by atoms with Crippen molar-refractivity contribution in [1.29, 1.82) is 0 Å². The molecular weight excluding hydrogens is 280 g/mol. The first kappa shape index (κ1) is 14.2. The average molecular weight is 299 g/mol. The zero-order chi connectivity index (χ0) is 12.8. The van der Waals surface area contributed by atoms with Crippen LogP contribution in [0.25, 0.3) is 0 Å². The monoisotopic (exact) mass is 298 g/mol. The predicted molar refractivity (Wildman–Crippen MR) is 73.8 cm³/mol. The largest absolute Gasteiger partial charge is 0.353 e. The molecule has 4 heteroatoms. The fourth-order valence-corrected chi connectivity index (χ4v) is 2.06. The van der Waals surface area contributed by atoms with Crippen LogP contribution in [0.15, 0.2) is 28.7 Å². The van der Waals surface area contributed by atoms with Gasteiger partial charge in [-0.25, -0.2) is 0 Å². The molecule has 0 aliphatic heterocycles. The minimum atomic E-state index is 0.0671. The van der Waals surface area contributed by atoms with Crippen LogP contribution in [0.3, 0.4) is 0 Å². The first-order valence-electron chi connectivity index (χ1n) is 5.69. The van der Waals surface area contributed by atoms with Gasteiger partial charge in [-0.2, -0.15) is 0 Å². The molecule has 1 rings (SSSR count). The zero-order valence-corrected chi connectivity index (χ0v) is 12.1. The highest BCUT2D eigenvalue weighted by Gasteiger charge is 2.07. The Morgan fingerprint density at radius 2 is 2.18 bits per heavy atom. The molecule has 0 atom stereocenters. The van der Waals surface area contributed by atoms with Gasteiger partial charge in [0.1, 0.15) is 0 Å². The fourth-order valence-electron chi connectivity index (χ4n) is 1.62. The second-order valence-electron chi connectivity index (χ2n) is 4.52. The highest BCUT2D eigenvalue weighted by Crippen LogP contribution is 2.12. The molecule has 0 heterocycles. The minimum absolute atomic E-state index is 0.0671. The van der Waals surface area contributed by atoms with Gasteiger partial charge in [-0.05, 0) is 38.6 Å². The maximum Gasteiger partial charge on any atom is 0.234 e. The van der Waals surface area contributed by atoms with Crippen molar-refractivity contribution >= 4 is 21.8 Å². The number of carbonyl (C=O) groups excluding carboxylic acids is 1. The van der Waals surface area contributed by atoms with Crippen molar-refractivity contribution in [1.82, 2.24) is 10.2 Å². The van der Waals surface area contributed by atoms with E-state index in [0.717, 1.165) is 11.0 Å². The van der Waals surface area contributed by atoms with Gasteiger partial charge in [-0.15, -0.1) is 0 Å². The summed E-state index contributed by atoms with van der Waals surface area (Å²) < 4.78 is 1.06. The summed E-state index contributed by atoms with van der Waals surface area (Å²) >= 11 is 3.44. The van der Waals surface area contributed by atoms with Gasteiger partial charge in [-0.3, -0.25) is 9.69 Å². The van der Waals surface area contributed by atoms with Crippen LogP contribution < -0.4 is 5.32 Å². The third kappa shape index (κ3) is 5.84. The molecule has 0 aromatic heterocycles. The molecule has 0 spiro atoms. The zero-order valence-electron chi connectivity index (χ0n) is 10.5. The molecule has 94 valence electrons. The third-order valence-electron chi connectivity index (χ3n) is 2.20. The van der Waals surface area contributed by atoms with Gasteiger partial charge in [0.25, 0.3) is 0 Å². The van der Waals surface area contributed by atoms with Gasteiger partial charge in [0.05, 0.1) is 6.54 Å². The Morgan fingerprint density at radius 3 is 2.76 bits per heavy atom. The van der Waals surface area contributed by atoms with Crippen molar-refractivity contribution in [2.45, 2.75) is 26.4 Å². The van der Waals surface area contributed by atoms with Crippen LogP contribution in [-0.2, 0) is 11.3 Å². The lowest BCUT2D eigenvalue weighted by molar-refractivity contribution is -0.122. The summed E-state index contributed by atoms with van der Waals surface area (Å²) in [7, 11) is 1.95. The second-order valence-corrected chi connectivity index (χ2v) is 5.44. The molecular formula is C13H19BrN2O. The lowest BCUT2D eigenvalue weighted by atomic mass is 10.2. The lowest BCUT2D eigenvalue weighted by Crippen LogP contribution is -2.38. The maximum absolute atomic E-state index is 11.6. The number of nitrogens with one attached hydrogen (secondary N) is 1. The van der Waals surface area contributed by atoms with E-state index in [2.05, 4.69) is 33.4 Å². The van der Waals surface area contributed by atoms with Gasteiger partial charge in [0.2, 0.25) is 5.91 Å². The van der Waals surface area contributed by atoms with Gasteiger partial charge in [0.15, 0.2) is 0 Å². The Labute approximate surface area is 111 Å². The average Bonchev–Trinajstić information content (AvgIpc) is 2.14. The summed E-state index contributed by atoms with van der Waals surface area (Å²) in [5, 5.41) is 2.88. The Hall–Kier alpha value is -0.870. The molecule has 1 aromatic carbocycles. The molecule has 1 aromatic rings. The summed E-state index contributed by atoms with van der Waals surface area (Å²) in [4.78, 5) is 13.6. The van der Waals surface area contributed by atoms with E-state index in [1.807, 2.05) is 37.9 Å². The number of rotatable bonds is 5. The smallest absolute Gasteiger partial charge is 0.234 e. The van der Waals surface area contributed by atoms with E-state index >= 15 is 0 Å². The minimum Gasteiger partial charge on any atom is -0.353 e. The van der Waals surface area contributed by atoms with Gasteiger partial charge >= 0.3 is 0 Å². The third-order valence-corrected chi connectivity index (χ3v) is 2.70. The van der Waals surface area contributed by atoms with E-state index in [4.69, 9.17) is 0 Å². The summed E-state index contributed by atoms with van der Waals surface area (Å²) in [5.41, 5.74) is 1.19. The quantitative estimate of drug-likeness (QED) is 0.905. The number of benzene rings is 1. The Kier molecular flexibility index (Phi) is 5.65. The standard InChI is InChI=1S/C13H19BrN2O/c1-10(2)15-13(17)9-16(3)8-11-5-4-6-12(14)7-11/h4-7,10H,8-9H2,1-3H3,(H,15,17). The maximum atomic E-state index is 11.6. The van der Waals surface area contributed by atoms with E-state index in [0.29, 0.717) is 6.54 Å². The fraction of sp³-hybridized carbons (Fsp3) is 0.462. The summed E-state index contributed by atoms with van der Waals surface area (Å²) in [6, 6.07) is 8.32. The Balaban J connectivity index is 2.44. The van der Waals surface area contributed by atoms with E-state index in [9.17, 15) is 4.79 Å². The van der Waals surface area contributed by atoms with Crippen molar-refractivity contribution in [3.05, 3.63) is 34.3 Å². The van der Waals surface area contributed by atoms with E-state index in [1.165, 1.54) is 5.56 Å². The van der Waals surface area contributed by atoms with Crippen LogP contribution in [0.5, 0.6) is 0 Å². The summed E-state index contributed by atoms with van der Waals surface area (Å²) in [6.07, 6.45) is 0. The van der Waals surface area contributed by atoms with Crippen molar-refractivity contribution < 1.29 is 4.79 Å². The molecule has 1 amide bonds. The van der Waals surface area contributed by atoms with Crippen LogP contribution in [0.1, 0.15) is 19.4 Å². The van der Waals surface area contributed by atoms with Crippen LogP contribution in [0.4, 0.5) is 0 Å². The lowest BCUT2D eigenvalue weighted by Gasteiger charge is -2.17. The second kappa shape index (κ2) is 6.77. The first-order valence-corrected chi connectivity index (χ1v) is 6.49. The number of hydrogen-bond donors (Lipinski definition) is 1. The Morgan fingerprint density at radius 1 is 1.47 bits per heavy atom. The van der Waals surface area contributed by atoms with Crippen LogP contribution >= 0.6 is 15.9 Å². The number of nitrogens with zero attached hydrogens (tertiary/aromatic N) is 1. The molecule has 3 nitrogen and oxygen atoms in total. The molecule has 0 saturated heterocycles. The van der Waals surface area contributed by atoms with Crippen molar-refractivity contribution in [3.8, 4) is 0 Å². The molecule has 17 heavy (non-hydrogen) atoms. The van der Waals surface area contributed by atoms with Crippen molar-refractivity contribution in [3.63, 3.8) is 0 Å². The molecule has 0 fully saturated rings. The van der Waals surface area contributed by atoms with Crippen LogP contribution in [-0.4, -0.2) is 30.4 Å². The normalized spacial score (nSPS) is 10.9. The van der Waals surface area contributed by atoms with Gasteiger partial charge in [0, 0.05) is 17.1 Å². The van der Waals surface area contributed by atoms with Crippen molar-refractivity contribution in [2.75, 3.05) is 13.6 Å². The molecule has 0 saturated carbocycles. The molecule has 0 radical (unpaired) electrons. The van der Waals surface area contributed by atoms with Crippen LogP contribution in [0.2, 0.25) is 0 Å². The van der Waals surface area contributed by atoms with E-state index in [-0.39, 0.29) is 11.9 Å². The topological polar surface area (TPSA) is 32.3 Å².